The number of hydrogen-bond acceptors (Lipinski definition) is 2. The molecule has 1 aliphatic rings. The van der Waals surface area contributed by atoms with Gasteiger partial charge >= 0.3 is 0 Å². The van der Waals surface area contributed by atoms with Crippen molar-refractivity contribution in [3.8, 4) is 16.8 Å². The SMILES string of the molecule is Cc1nc2cccc3c2n1-c1ccc(-c2ccc4c5cccc6cccc(c7cccc2c74)c65)cc1S3. The standard InChI is InChI=1S/C34H20N2S/c1-19-35-28-12-5-13-30-34(28)36(19)29-17-14-21(18-31(29)37-30)22-15-16-27-25-9-3-7-20-6-2-8-24(32(20)25)26-11-4-10-23(22)33(26)27/h2-18H,1H3. The van der Waals surface area contributed by atoms with Crippen LogP contribution in [0.15, 0.2) is 113 Å². The molecule has 0 radical (unpaired) electrons. The van der Waals surface area contributed by atoms with Crippen LogP contribution in [-0.2, 0) is 0 Å². The van der Waals surface area contributed by atoms with Crippen molar-refractivity contribution in [2.75, 3.05) is 0 Å². The van der Waals surface area contributed by atoms with Gasteiger partial charge in [-0.25, -0.2) is 4.98 Å². The third-order valence-corrected chi connectivity index (χ3v) is 9.16. The summed E-state index contributed by atoms with van der Waals surface area (Å²) in [5, 5.41) is 10.7. The predicted octanol–water partition coefficient (Wildman–Crippen LogP) is 9.52. The van der Waals surface area contributed by atoms with Crippen molar-refractivity contribution in [2.45, 2.75) is 16.7 Å². The van der Waals surface area contributed by atoms with E-state index in [0.29, 0.717) is 0 Å². The van der Waals surface area contributed by atoms with Gasteiger partial charge in [0.05, 0.1) is 16.7 Å². The van der Waals surface area contributed by atoms with Crippen molar-refractivity contribution >= 4 is 65.9 Å². The fraction of sp³-hybridized carbons (Fsp3) is 0.0294. The van der Waals surface area contributed by atoms with Gasteiger partial charge in [-0.15, -0.1) is 0 Å². The molecular formula is C34H20N2S. The van der Waals surface area contributed by atoms with E-state index in [-0.39, 0.29) is 0 Å². The van der Waals surface area contributed by atoms with Crippen molar-refractivity contribution in [2.24, 2.45) is 0 Å². The average Bonchev–Trinajstić information content (AvgIpc) is 3.28. The molecule has 172 valence electrons. The first-order valence-corrected chi connectivity index (χ1v) is 13.5. The highest BCUT2D eigenvalue weighted by Crippen LogP contribution is 2.47. The number of fused-ring (bicyclic) bond motifs is 4. The number of para-hydroxylation sites is 1. The molecule has 0 N–H and O–H groups in total. The van der Waals surface area contributed by atoms with Gasteiger partial charge in [0.2, 0.25) is 0 Å². The predicted molar refractivity (Wildman–Crippen MR) is 157 cm³/mol. The van der Waals surface area contributed by atoms with Crippen LogP contribution in [0.1, 0.15) is 5.82 Å². The van der Waals surface area contributed by atoms with Crippen LogP contribution >= 0.6 is 11.8 Å². The van der Waals surface area contributed by atoms with Crippen LogP contribution in [0.25, 0.3) is 70.9 Å². The van der Waals surface area contributed by atoms with Gasteiger partial charge in [0.15, 0.2) is 0 Å². The van der Waals surface area contributed by atoms with Crippen LogP contribution in [0.3, 0.4) is 0 Å². The Kier molecular flexibility index (Phi) is 3.69. The summed E-state index contributed by atoms with van der Waals surface area (Å²) in [5.74, 6) is 1.03. The summed E-state index contributed by atoms with van der Waals surface area (Å²) in [5.41, 5.74) is 6.04. The Bertz CT molecular complexity index is 2190. The summed E-state index contributed by atoms with van der Waals surface area (Å²) in [7, 11) is 0. The van der Waals surface area contributed by atoms with Crippen LogP contribution in [-0.4, -0.2) is 9.55 Å². The number of nitrogens with zero attached hydrogens (tertiary/aromatic N) is 2. The van der Waals surface area contributed by atoms with E-state index in [9.17, 15) is 0 Å². The van der Waals surface area contributed by atoms with Crippen LogP contribution in [0.4, 0.5) is 0 Å². The molecule has 37 heavy (non-hydrogen) atoms. The molecule has 0 amide bonds. The van der Waals surface area contributed by atoms with E-state index < -0.39 is 0 Å². The molecule has 9 rings (SSSR count). The molecule has 0 saturated carbocycles. The van der Waals surface area contributed by atoms with Crippen molar-refractivity contribution < 1.29 is 0 Å². The third kappa shape index (κ3) is 2.49. The Labute approximate surface area is 217 Å². The smallest absolute Gasteiger partial charge is 0.111 e. The lowest BCUT2D eigenvalue weighted by Crippen LogP contribution is -2.03. The summed E-state index contributed by atoms with van der Waals surface area (Å²) in [6.45, 7) is 2.10. The van der Waals surface area contributed by atoms with E-state index in [0.717, 1.165) is 11.3 Å². The van der Waals surface area contributed by atoms with Crippen LogP contribution in [0.2, 0.25) is 0 Å². The first-order chi connectivity index (χ1) is 18.3. The summed E-state index contributed by atoms with van der Waals surface area (Å²) in [6, 6.07) is 38.1. The molecular weight excluding hydrogens is 468 g/mol. The molecule has 8 aromatic rings. The third-order valence-electron chi connectivity index (χ3n) is 8.06. The fourth-order valence-electron chi connectivity index (χ4n) is 6.55. The maximum atomic E-state index is 4.82. The second-order valence-corrected chi connectivity index (χ2v) is 11.1. The molecule has 0 fully saturated rings. The van der Waals surface area contributed by atoms with Crippen LogP contribution in [0, 0.1) is 6.92 Å². The molecule has 0 atom stereocenters. The zero-order valence-electron chi connectivity index (χ0n) is 20.1. The summed E-state index contributed by atoms with van der Waals surface area (Å²) >= 11 is 1.85. The average molecular weight is 489 g/mol. The summed E-state index contributed by atoms with van der Waals surface area (Å²) in [6.07, 6.45) is 0. The molecule has 0 aliphatic carbocycles. The molecule has 0 unspecified atom stereocenters. The van der Waals surface area contributed by atoms with Crippen LogP contribution in [0.5, 0.6) is 0 Å². The first kappa shape index (κ1) is 19.8. The summed E-state index contributed by atoms with van der Waals surface area (Å²) in [4.78, 5) is 7.36. The zero-order valence-corrected chi connectivity index (χ0v) is 20.9. The Morgan fingerprint density at radius 2 is 1.32 bits per heavy atom. The monoisotopic (exact) mass is 488 g/mol. The molecule has 7 aromatic carbocycles. The molecule has 3 heteroatoms. The Hall–Kier alpha value is -4.34. The van der Waals surface area contributed by atoms with Crippen molar-refractivity contribution in [1.82, 2.24) is 9.55 Å². The maximum absolute atomic E-state index is 4.82. The van der Waals surface area contributed by atoms with Gasteiger partial charge < -0.3 is 0 Å². The zero-order chi connectivity index (χ0) is 24.2. The second kappa shape index (κ2) is 6.90. The highest BCUT2D eigenvalue weighted by Gasteiger charge is 2.23. The summed E-state index contributed by atoms with van der Waals surface area (Å²) < 4.78 is 2.31. The molecule has 1 aliphatic heterocycles. The van der Waals surface area contributed by atoms with E-state index in [1.54, 1.807) is 0 Å². The molecule has 0 bridgehead atoms. The van der Waals surface area contributed by atoms with Gasteiger partial charge in [-0.3, -0.25) is 4.57 Å². The van der Waals surface area contributed by atoms with E-state index in [4.69, 9.17) is 4.98 Å². The van der Waals surface area contributed by atoms with Crippen molar-refractivity contribution in [1.29, 1.82) is 0 Å². The Balaban J connectivity index is 1.33. The Morgan fingerprint density at radius 1 is 0.622 bits per heavy atom. The fourth-order valence-corrected chi connectivity index (χ4v) is 7.68. The number of aromatic nitrogens is 2. The lowest BCUT2D eigenvalue weighted by atomic mass is 9.87. The van der Waals surface area contributed by atoms with Gasteiger partial charge in [0, 0.05) is 9.79 Å². The number of hydrogen-bond donors (Lipinski definition) is 0. The normalized spacial score (nSPS) is 12.9. The lowest BCUT2D eigenvalue weighted by molar-refractivity contribution is 0.963. The number of rotatable bonds is 1. The largest absolute Gasteiger partial charge is 0.294 e. The van der Waals surface area contributed by atoms with Crippen molar-refractivity contribution in [3.05, 3.63) is 109 Å². The molecule has 0 spiro atoms. The first-order valence-electron chi connectivity index (χ1n) is 12.7. The van der Waals surface area contributed by atoms with E-state index in [2.05, 4.69) is 115 Å². The van der Waals surface area contributed by atoms with Gasteiger partial charge in [0.1, 0.15) is 5.82 Å². The maximum Gasteiger partial charge on any atom is 0.111 e. The topological polar surface area (TPSA) is 17.8 Å². The minimum atomic E-state index is 1.03. The number of aryl methyl sites for hydroxylation is 1. The second-order valence-electron chi connectivity index (χ2n) is 10.0. The van der Waals surface area contributed by atoms with Gasteiger partial charge in [-0.1, -0.05) is 90.6 Å². The highest BCUT2D eigenvalue weighted by atomic mass is 32.2. The van der Waals surface area contributed by atoms with E-state index in [1.165, 1.54) is 75.2 Å². The minimum Gasteiger partial charge on any atom is -0.294 e. The van der Waals surface area contributed by atoms with Crippen LogP contribution < -0.4 is 0 Å². The quantitative estimate of drug-likeness (QED) is 0.169. The lowest BCUT2D eigenvalue weighted by Gasteiger charge is -2.21. The molecule has 0 saturated heterocycles. The molecule has 1 aromatic heterocycles. The Morgan fingerprint density at radius 3 is 2.16 bits per heavy atom. The molecule has 2 nitrogen and oxygen atoms in total. The van der Waals surface area contributed by atoms with Gasteiger partial charge in [-0.2, -0.15) is 0 Å². The number of benzene rings is 7. The highest BCUT2D eigenvalue weighted by molar-refractivity contribution is 7.99. The van der Waals surface area contributed by atoms with E-state index >= 15 is 0 Å². The van der Waals surface area contributed by atoms with E-state index in [1.807, 2.05) is 11.8 Å². The molecule has 2 heterocycles. The minimum absolute atomic E-state index is 1.03. The number of imidazole rings is 1. The van der Waals surface area contributed by atoms with Crippen molar-refractivity contribution in [3.63, 3.8) is 0 Å². The van der Waals surface area contributed by atoms with Gasteiger partial charge in [0.25, 0.3) is 0 Å². The van der Waals surface area contributed by atoms with Gasteiger partial charge in [-0.05, 0) is 85.4 Å².